The third-order valence-electron chi connectivity index (χ3n) is 2.73. The molecule has 6 heteroatoms. The molecule has 0 aliphatic rings. The van der Waals surface area contributed by atoms with Crippen molar-refractivity contribution in [3.8, 4) is 11.5 Å². The average Bonchev–Trinajstić information content (AvgIpc) is 2.41. The largest absolute Gasteiger partial charge is 0.456 e. The topological polar surface area (TPSA) is 72.6 Å². The Balaban J connectivity index is 2.32. The molecule has 0 aromatic heterocycles. The lowest BCUT2D eigenvalue weighted by atomic mass is 10.2. The van der Waals surface area contributed by atoms with Crippen molar-refractivity contribution in [1.82, 2.24) is 0 Å². The molecular formula is C14H12ClNO4. The lowest BCUT2D eigenvalue weighted by Gasteiger charge is -2.09. The molecule has 5 nitrogen and oxygen atoms in total. The Morgan fingerprint density at radius 3 is 2.65 bits per heavy atom. The number of aryl methyl sites for hydroxylation is 1. The first-order chi connectivity index (χ1) is 9.51. The molecule has 0 aliphatic heterocycles. The summed E-state index contributed by atoms with van der Waals surface area (Å²) < 4.78 is 5.58. The van der Waals surface area contributed by atoms with E-state index in [1.807, 2.05) is 13.0 Å². The number of halogens is 1. The molecule has 0 bridgehead atoms. The van der Waals surface area contributed by atoms with Crippen molar-refractivity contribution in [2.24, 2.45) is 0 Å². The maximum Gasteiger partial charge on any atom is 0.275 e. The zero-order valence-corrected chi connectivity index (χ0v) is 11.4. The Hall–Kier alpha value is -2.11. The predicted molar refractivity (Wildman–Crippen MR) is 75.3 cm³/mol. The summed E-state index contributed by atoms with van der Waals surface area (Å²) in [4.78, 5) is 10.2. The van der Waals surface area contributed by atoms with Gasteiger partial charge in [-0.05, 0) is 36.8 Å². The number of aliphatic hydroxyl groups is 1. The van der Waals surface area contributed by atoms with E-state index in [0.717, 1.165) is 5.56 Å². The smallest absolute Gasteiger partial charge is 0.275 e. The van der Waals surface area contributed by atoms with E-state index in [9.17, 15) is 10.1 Å². The fraction of sp³-hybridized carbons (Fsp3) is 0.143. The normalized spacial score (nSPS) is 10.3. The monoisotopic (exact) mass is 293 g/mol. The minimum atomic E-state index is -0.547. The summed E-state index contributed by atoms with van der Waals surface area (Å²) in [5.41, 5.74) is 1.05. The van der Waals surface area contributed by atoms with Gasteiger partial charge in [-0.25, -0.2) is 0 Å². The van der Waals surface area contributed by atoms with Crippen LogP contribution in [0.25, 0.3) is 0 Å². The molecule has 2 aromatic carbocycles. The van der Waals surface area contributed by atoms with Crippen molar-refractivity contribution in [1.29, 1.82) is 0 Å². The summed E-state index contributed by atoms with van der Waals surface area (Å²) in [6.07, 6.45) is 0. The zero-order valence-electron chi connectivity index (χ0n) is 10.7. The first-order valence-corrected chi connectivity index (χ1v) is 6.21. The first kappa shape index (κ1) is 14.3. The van der Waals surface area contributed by atoms with Crippen LogP contribution in [-0.4, -0.2) is 10.0 Å². The highest BCUT2D eigenvalue weighted by molar-refractivity contribution is 6.32. The second-order valence-corrected chi connectivity index (χ2v) is 4.65. The molecule has 0 fully saturated rings. The van der Waals surface area contributed by atoms with E-state index >= 15 is 0 Å². The van der Waals surface area contributed by atoms with E-state index in [-0.39, 0.29) is 11.3 Å². The summed E-state index contributed by atoms with van der Waals surface area (Å²) in [5, 5.41) is 20.4. The lowest BCUT2D eigenvalue weighted by molar-refractivity contribution is -0.385. The van der Waals surface area contributed by atoms with E-state index < -0.39 is 11.5 Å². The van der Waals surface area contributed by atoms with Gasteiger partial charge in [0.2, 0.25) is 0 Å². The van der Waals surface area contributed by atoms with Crippen LogP contribution in [-0.2, 0) is 6.61 Å². The second kappa shape index (κ2) is 5.90. The molecule has 1 N–H and O–H groups in total. The number of nitro groups is 1. The van der Waals surface area contributed by atoms with Gasteiger partial charge < -0.3 is 9.84 Å². The summed E-state index contributed by atoms with van der Waals surface area (Å²) in [5.74, 6) is 0.834. The molecule has 0 saturated carbocycles. The van der Waals surface area contributed by atoms with Crippen LogP contribution in [0.4, 0.5) is 5.69 Å². The number of ether oxygens (including phenoxy) is 1. The summed E-state index contributed by atoms with van der Waals surface area (Å²) in [6.45, 7) is 1.47. The Morgan fingerprint density at radius 1 is 1.30 bits per heavy atom. The summed E-state index contributed by atoms with van der Waals surface area (Å²) in [7, 11) is 0. The molecule has 2 rings (SSSR count). The van der Waals surface area contributed by atoms with E-state index in [1.54, 1.807) is 12.1 Å². The number of hydrogen-bond donors (Lipinski definition) is 1. The predicted octanol–water partition coefficient (Wildman–Crippen LogP) is 3.84. The fourth-order valence-corrected chi connectivity index (χ4v) is 2.02. The zero-order chi connectivity index (χ0) is 14.7. The molecule has 0 atom stereocenters. The molecule has 104 valence electrons. The SMILES string of the molecule is Cc1ccc(Oc2ccc([N+](=O)[O-])c(CO)c2)c(Cl)c1. The van der Waals surface area contributed by atoms with Crippen LogP contribution >= 0.6 is 11.6 Å². The van der Waals surface area contributed by atoms with E-state index in [1.165, 1.54) is 18.2 Å². The highest BCUT2D eigenvalue weighted by Crippen LogP contribution is 2.32. The lowest BCUT2D eigenvalue weighted by Crippen LogP contribution is -1.96. The Bertz CT molecular complexity index is 658. The number of benzene rings is 2. The molecule has 0 amide bonds. The molecule has 20 heavy (non-hydrogen) atoms. The van der Waals surface area contributed by atoms with Gasteiger partial charge >= 0.3 is 0 Å². The number of nitro benzene ring substituents is 1. The van der Waals surface area contributed by atoms with Gasteiger partial charge in [0, 0.05) is 6.07 Å². The Morgan fingerprint density at radius 2 is 2.05 bits per heavy atom. The van der Waals surface area contributed by atoms with Crippen LogP contribution < -0.4 is 4.74 Å². The molecule has 0 saturated heterocycles. The van der Waals surface area contributed by atoms with Crippen molar-refractivity contribution < 1.29 is 14.8 Å². The number of aliphatic hydroxyl groups excluding tert-OH is 1. The molecular weight excluding hydrogens is 282 g/mol. The van der Waals surface area contributed by atoms with Crippen LogP contribution in [0, 0.1) is 17.0 Å². The Labute approximate surface area is 120 Å². The molecule has 2 aromatic rings. The highest BCUT2D eigenvalue weighted by atomic mass is 35.5. The van der Waals surface area contributed by atoms with Crippen molar-refractivity contribution in [3.05, 3.63) is 62.7 Å². The molecule has 0 radical (unpaired) electrons. The quantitative estimate of drug-likeness (QED) is 0.686. The van der Waals surface area contributed by atoms with Gasteiger partial charge in [0.15, 0.2) is 0 Å². The third-order valence-corrected chi connectivity index (χ3v) is 3.03. The molecule has 0 heterocycles. The average molecular weight is 294 g/mol. The number of nitrogens with zero attached hydrogens (tertiary/aromatic N) is 1. The maximum atomic E-state index is 10.8. The van der Waals surface area contributed by atoms with Gasteiger partial charge in [-0.15, -0.1) is 0 Å². The third kappa shape index (κ3) is 3.07. The van der Waals surface area contributed by atoms with Gasteiger partial charge in [0.25, 0.3) is 5.69 Å². The van der Waals surface area contributed by atoms with Crippen molar-refractivity contribution in [2.75, 3.05) is 0 Å². The van der Waals surface area contributed by atoms with E-state index in [4.69, 9.17) is 21.4 Å². The van der Waals surface area contributed by atoms with Crippen LogP contribution in [0.15, 0.2) is 36.4 Å². The maximum absolute atomic E-state index is 10.8. The second-order valence-electron chi connectivity index (χ2n) is 4.24. The van der Waals surface area contributed by atoms with Gasteiger partial charge in [-0.3, -0.25) is 10.1 Å². The molecule has 0 unspecified atom stereocenters. The van der Waals surface area contributed by atoms with Gasteiger partial charge in [0.05, 0.1) is 22.1 Å². The highest BCUT2D eigenvalue weighted by Gasteiger charge is 2.14. The van der Waals surface area contributed by atoms with Crippen molar-refractivity contribution >= 4 is 17.3 Å². The van der Waals surface area contributed by atoms with Gasteiger partial charge in [-0.2, -0.15) is 0 Å². The van der Waals surface area contributed by atoms with E-state index in [0.29, 0.717) is 16.5 Å². The minimum absolute atomic E-state index is 0.144. The van der Waals surface area contributed by atoms with Crippen LogP contribution in [0.3, 0.4) is 0 Å². The summed E-state index contributed by atoms with van der Waals surface area (Å²) in [6, 6.07) is 9.51. The van der Waals surface area contributed by atoms with Crippen LogP contribution in [0.1, 0.15) is 11.1 Å². The fourth-order valence-electron chi connectivity index (χ4n) is 1.75. The minimum Gasteiger partial charge on any atom is -0.456 e. The Kier molecular flexibility index (Phi) is 4.22. The first-order valence-electron chi connectivity index (χ1n) is 5.83. The molecule has 0 aliphatic carbocycles. The number of hydrogen-bond acceptors (Lipinski definition) is 4. The van der Waals surface area contributed by atoms with Gasteiger partial charge in [-0.1, -0.05) is 17.7 Å². The standard InChI is InChI=1S/C14H12ClNO4/c1-9-2-5-14(12(15)6-9)20-11-3-4-13(16(18)19)10(7-11)8-17/h2-7,17H,8H2,1H3. The summed E-state index contributed by atoms with van der Waals surface area (Å²) >= 11 is 6.05. The molecule has 0 spiro atoms. The number of rotatable bonds is 4. The van der Waals surface area contributed by atoms with Crippen molar-refractivity contribution in [3.63, 3.8) is 0 Å². The van der Waals surface area contributed by atoms with Crippen LogP contribution in [0.5, 0.6) is 11.5 Å². The van der Waals surface area contributed by atoms with E-state index in [2.05, 4.69) is 0 Å². The van der Waals surface area contributed by atoms with Crippen LogP contribution in [0.2, 0.25) is 5.02 Å². The van der Waals surface area contributed by atoms with Gasteiger partial charge in [0.1, 0.15) is 11.5 Å². The van der Waals surface area contributed by atoms with Crippen molar-refractivity contribution in [2.45, 2.75) is 13.5 Å².